The zero-order valence-corrected chi connectivity index (χ0v) is 17.8. The minimum atomic E-state index is 0.0742. The molecule has 0 unspecified atom stereocenters. The van der Waals surface area contributed by atoms with Gasteiger partial charge < -0.3 is 5.32 Å². The Morgan fingerprint density at radius 3 is 2.61 bits per heavy atom. The van der Waals surface area contributed by atoms with Gasteiger partial charge in [0.05, 0.1) is 18.3 Å². The molecule has 1 aromatic carbocycles. The maximum absolute atomic E-state index is 12.8. The van der Waals surface area contributed by atoms with Crippen LogP contribution in [0.25, 0.3) is 5.65 Å². The Kier molecular flexibility index (Phi) is 6.39. The van der Waals surface area contributed by atoms with Crippen LogP contribution in [-0.2, 0) is 11.8 Å². The van der Waals surface area contributed by atoms with Gasteiger partial charge in [0, 0.05) is 24.2 Å². The van der Waals surface area contributed by atoms with Gasteiger partial charge in [0.1, 0.15) is 5.82 Å². The summed E-state index contributed by atoms with van der Waals surface area (Å²) in [6.07, 6.45) is 5.18. The molecule has 0 saturated heterocycles. The molecule has 1 N–H and O–H groups in total. The van der Waals surface area contributed by atoms with Gasteiger partial charge in [-0.25, -0.2) is 4.98 Å². The predicted octanol–water partition coefficient (Wildman–Crippen LogP) is 4.62. The van der Waals surface area contributed by atoms with Crippen LogP contribution in [0, 0.1) is 0 Å². The summed E-state index contributed by atoms with van der Waals surface area (Å²) in [5.74, 6) is 2.06. The van der Waals surface area contributed by atoms with Gasteiger partial charge in [0.2, 0.25) is 0 Å². The Bertz CT molecular complexity index is 941. The van der Waals surface area contributed by atoms with E-state index in [2.05, 4.69) is 42.4 Å². The van der Waals surface area contributed by atoms with Crippen LogP contribution in [0.5, 0.6) is 0 Å². The molecule has 5 nitrogen and oxygen atoms in total. The van der Waals surface area contributed by atoms with Crippen molar-refractivity contribution in [2.75, 3.05) is 23.9 Å². The summed E-state index contributed by atoms with van der Waals surface area (Å²) >= 11 is 1.83. The molecule has 148 valence electrons. The van der Waals surface area contributed by atoms with E-state index in [0.717, 1.165) is 41.4 Å². The number of aromatic nitrogens is 3. The molecule has 0 atom stereocenters. The Labute approximate surface area is 170 Å². The number of hydrogen-bond donors (Lipinski definition) is 1. The lowest BCUT2D eigenvalue weighted by atomic mass is 9.86. The van der Waals surface area contributed by atoms with Crippen LogP contribution in [-0.4, -0.2) is 38.9 Å². The summed E-state index contributed by atoms with van der Waals surface area (Å²) in [4.78, 5) is 17.4. The molecular weight excluding hydrogens is 368 g/mol. The predicted molar refractivity (Wildman–Crippen MR) is 118 cm³/mol. The van der Waals surface area contributed by atoms with Crippen LogP contribution in [0.4, 0.5) is 5.82 Å². The monoisotopic (exact) mass is 396 g/mol. The highest BCUT2D eigenvalue weighted by Crippen LogP contribution is 2.23. The molecule has 3 rings (SSSR count). The van der Waals surface area contributed by atoms with Crippen molar-refractivity contribution in [1.29, 1.82) is 0 Å². The molecular formula is C22H28N4OS. The topological polar surface area (TPSA) is 59.3 Å². The van der Waals surface area contributed by atoms with Crippen LogP contribution in [0.2, 0.25) is 0 Å². The highest BCUT2D eigenvalue weighted by molar-refractivity contribution is 7.98. The molecule has 0 aliphatic rings. The van der Waals surface area contributed by atoms with E-state index in [-0.39, 0.29) is 17.6 Å². The minimum Gasteiger partial charge on any atom is -0.370 e. The van der Waals surface area contributed by atoms with Crippen LogP contribution >= 0.6 is 11.8 Å². The number of benzene rings is 1. The number of Topliss-reactive ketones (excluding diaryl/α,β-unsaturated/α-hetero) is 1. The fraction of sp³-hybridized carbons (Fsp3) is 0.409. The van der Waals surface area contributed by atoms with Crippen molar-refractivity contribution < 1.29 is 4.79 Å². The molecule has 2 aromatic heterocycles. The SMILES string of the molecule is CSCCCNc1cc(CC(=O)c2ccc(C(C)(C)C)cc2)nc2ccnn12. The number of rotatable bonds is 8. The Hall–Kier alpha value is -2.34. The van der Waals surface area contributed by atoms with Crippen molar-refractivity contribution in [3.05, 3.63) is 59.4 Å². The molecule has 0 amide bonds. The standard InChI is InChI=1S/C22H28N4OS/c1-22(2,3)17-8-6-16(7-9-17)19(27)14-18-15-21(23-11-5-13-28-4)26-20(25-18)10-12-24-26/h6-10,12,15,23H,5,11,13-14H2,1-4H3. The number of carbonyl (C=O) groups is 1. The largest absolute Gasteiger partial charge is 0.370 e. The Balaban J connectivity index is 1.76. The number of nitrogens with zero attached hydrogens (tertiary/aromatic N) is 3. The number of fused-ring (bicyclic) bond motifs is 1. The average molecular weight is 397 g/mol. The number of ketones is 1. The van der Waals surface area contributed by atoms with Crippen molar-refractivity contribution in [1.82, 2.24) is 14.6 Å². The summed E-state index contributed by atoms with van der Waals surface area (Å²) < 4.78 is 1.78. The second kappa shape index (κ2) is 8.78. The quantitative estimate of drug-likeness (QED) is 0.445. The van der Waals surface area contributed by atoms with E-state index < -0.39 is 0 Å². The number of hydrogen-bond acceptors (Lipinski definition) is 5. The molecule has 0 aliphatic heterocycles. The van der Waals surface area contributed by atoms with Gasteiger partial charge in [-0.3, -0.25) is 4.79 Å². The molecule has 0 aliphatic carbocycles. The lowest BCUT2D eigenvalue weighted by Gasteiger charge is -2.19. The number of thioether (sulfide) groups is 1. The van der Waals surface area contributed by atoms with Crippen LogP contribution < -0.4 is 5.32 Å². The maximum Gasteiger partial charge on any atom is 0.168 e. The lowest BCUT2D eigenvalue weighted by molar-refractivity contribution is 0.0992. The molecule has 0 saturated carbocycles. The van der Waals surface area contributed by atoms with E-state index in [1.165, 1.54) is 5.56 Å². The van der Waals surface area contributed by atoms with Crippen molar-refractivity contribution >= 4 is 29.0 Å². The van der Waals surface area contributed by atoms with Gasteiger partial charge in [0.15, 0.2) is 11.4 Å². The minimum absolute atomic E-state index is 0.0742. The fourth-order valence-corrected chi connectivity index (χ4v) is 3.47. The number of carbonyl (C=O) groups excluding carboxylic acids is 1. The zero-order valence-electron chi connectivity index (χ0n) is 17.0. The average Bonchev–Trinajstić information content (AvgIpc) is 3.13. The van der Waals surface area contributed by atoms with E-state index in [9.17, 15) is 4.79 Å². The summed E-state index contributed by atoms with van der Waals surface area (Å²) in [6.45, 7) is 7.37. The van der Waals surface area contributed by atoms with E-state index in [1.54, 1.807) is 10.7 Å². The van der Waals surface area contributed by atoms with Gasteiger partial charge in [-0.2, -0.15) is 21.4 Å². The first-order valence-electron chi connectivity index (χ1n) is 9.59. The van der Waals surface area contributed by atoms with E-state index in [1.807, 2.05) is 48.2 Å². The van der Waals surface area contributed by atoms with Crippen LogP contribution in [0.1, 0.15) is 48.8 Å². The molecule has 2 heterocycles. The summed E-state index contributed by atoms with van der Waals surface area (Å²) in [5.41, 5.74) is 3.52. The second-order valence-electron chi connectivity index (χ2n) is 7.93. The van der Waals surface area contributed by atoms with Crippen molar-refractivity contribution in [2.45, 2.75) is 39.0 Å². The summed E-state index contributed by atoms with van der Waals surface area (Å²) in [7, 11) is 0. The van der Waals surface area contributed by atoms with Crippen molar-refractivity contribution in [3.8, 4) is 0 Å². The van der Waals surface area contributed by atoms with E-state index in [4.69, 9.17) is 0 Å². The first kappa shape index (κ1) is 20.4. The lowest BCUT2D eigenvalue weighted by Crippen LogP contribution is -2.13. The summed E-state index contributed by atoms with van der Waals surface area (Å²) in [6, 6.07) is 11.7. The smallest absolute Gasteiger partial charge is 0.168 e. The first-order chi connectivity index (χ1) is 13.4. The molecule has 6 heteroatoms. The molecule has 0 spiro atoms. The van der Waals surface area contributed by atoms with Gasteiger partial charge in [0.25, 0.3) is 0 Å². The van der Waals surface area contributed by atoms with Crippen LogP contribution in [0.15, 0.2) is 42.6 Å². The zero-order chi connectivity index (χ0) is 20.1. The highest BCUT2D eigenvalue weighted by Gasteiger charge is 2.15. The molecule has 0 bridgehead atoms. The molecule has 0 fully saturated rings. The van der Waals surface area contributed by atoms with E-state index >= 15 is 0 Å². The van der Waals surface area contributed by atoms with Gasteiger partial charge in [-0.15, -0.1) is 0 Å². The Morgan fingerprint density at radius 2 is 1.93 bits per heavy atom. The third-order valence-corrected chi connectivity index (χ3v) is 5.36. The second-order valence-corrected chi connectivity index (χ2v) is 8.92. The normalized spacial score (nSPS) is 11.7. The van der Waals surface area contributed by atoms with Gasteiger partial charge in [-0.1, -0.05) is 45.0 Å². The highest BCUT2D eigenvalue weighted by atomic mass is 32.2. The first-order valence-corrected chi connectivity index (χ1v) is 11.0. The number of nitrogens with one attached hydrogen (secondary N) is 1. The Morgan fingerprint density at radius 1 is 1.18 bits per heavy atom. The number of anilines is 1. The third-order valence-electron chi connectivity index (χ3n) is 4.66. The van der Waals surface area contributed by atoms with Crippen molar-refractivity contribution in [3.63, 3.8) is 0 Å². The molecule has 28 heavy (non-hydrogen) atoms. The van der Waals surface area contributed by atoms with Crippen LogP contribution in [0.3, 0.4) is 0 Å². The van der Waals surface area contributed by atoms with Gasteiger partial charge >= 0.3 is 0 Å². The molecule has 0 radical (unpaired) electrons. The van der Waals surface area contributed by atoms with Crippen molar-refractivity contribution in [2.24, 2.45) is 0 Å². The summed E-state index contributed by atoms with van der Waals surface area (Å²) in [5, 5.41) is 7.75. The van der Waals surface area contributed by atoms with E-state index in [0.29, 0.717) is 0 Å². The maximum atomic E-state index is 12.8. The fourth-order valence-electron chi connectivity index (χ4n) is 3.04. The molecule has 3 aromatic rings. The third kappa shape index (κ3) is 4.93. The van der Waals surface area contributed by atoms with Gasteiger partial charge in [-0.05, 0) is 29.4 Å².